The third-order valence-corrected chi connectivity index (χ3v) is 5.69. The third kappa shape index (κ3) is 4.19. The molecule has 2 saturated heterocycles. The van der Waals surface area contributed by atoms with Crippen LogP contribution < -0.4 is 0 Å². The second-order valence-corrected chi connectivity index (χ2v) is 7.60. The normalized spacial score (nSPS) is 27.0. The van der Waals surface area contributed by atoms with E-state index in [9.17, 15) is 0 Å². The first-order chi connectivity index (χ1) is 9.02. The monoisotopic (exact) mass is 266 g/mol. The molecule has 112 valence electrons. The van der Waals surface area contributed by atoms with Crippen molar-refractivity contribution < 1.29 is 0 Å². The molecule has 0 saturated carbocycles. The van der Waals surface area contributed by atoms with Gasteiger partial charge in [-0.1, -0.05) is 27.7 Å². The highest BCUT2D eigenvalue weighted by Gasteiger charge is 2.32. The van der Waals surface area contributed by atoms with Gasteiger partial charge in [0.25, 0.3) is 0 Å². The molecule has 0 aromatic carbocycles. The Morgan fingerprint density at radius 1 is 1.00 bits per heavy atom. The molecule has 0 aliphatic carbocycles. The Morgan fingerprint density at radius 3 is 2.05 bits per heavy atom. The Bertz CT molecular complexity index is 258. The van der Waals surface area contributed by atoms with E-state index in [0.717, 1.165) is 11.8 Å². The van der Waals surface area contributed by atoms with Gasteiger partial charge in [-0.05, 0) is 75.7 Å². The molecule has 2 heterocycles. The minimum absolute atomic E-state index is 0.580. The Labute approximate surface area is 120 Å². The van der Waals surface area contributed by atoms with Gasteiger partial charge in [0.05, 0.1) is 0 Å². The number of hydrogen-bond acceptors (Lipinski definition) is 2. The second-order valence-electron chi connectivity index (χ2n) is 7.60. The van der Waals surface area contributed by atoms with Gasteiger partial charge in [-0.2, -0.15) is 0 Å². The van der Waals surface area contributed by atoms with Crippen molar-refractivity contribution in [3.8, 4) is 0 Å². The molecule has 19 heavy (non-hydrogen) atoms. The van der Waals surface area contributed by atoms with Crippen molar-refractivity contribution in [1.29, 1.82) is 0 Å². The molecule has 0 bridgehead atoms. The fraction of sp³-hybridized carbons (Fsp3) is 1.00. The Kier molecular flexibility index (Phi) is 5.30. The van der Waals surface area contributed by atoms with Gasteiger partial charge in [0.1, 0.15) is 0 Å². The summed E-state index contributed by atoms with van der Waals surface area (Å²) in [7, 11) is 0. The van der Waals surface area contributed by atoms with Gasteiger partial charge >= 0.3 is 0 Å². The first kappa shape index (κ1) is 15.3. The molecule has 2 fully saturated rings. The predicted molar refractivity (Wildman–Crippen MR) is 83.5 cm³/mol. The van der Waals surface area contributed by atoms with Crippen LogP contribution in [0.3, 0.4) is 0 Å². The quantitative estimate of drug-likeness (QED) is 0.769. The van der Waals surface area contributed by atoms with E-state index in [4.69, 9.17) is 0 Å². The smallest absolute Gasteiger partial charge is 0.00363 e. The molecule has 0 aromatic rings. The van der Waals surface area contributed by atoms with Crippen LogP contribution in [-0.2, 0) is 0 Å². The molecular weight excluding hydrogens is 232 g/mol. The van der Waals surface area contributed by atoms with E-state index in [1.165, 1.54) is 65.0 Å². The highest BCUT2D eigenvalue weighted by molar-refractivity contribution is 4.86. The van der Waals surface area contributed by atoms with Gasteiger partial charge in [0.2, 0.25) is 0 Å². The standard InChI is InChI=1S/C17H34N2/c1-5-18-12-8-17(4,9-13-18)14-19-10-6-16(7-11-19)15(2)3/h15-16H,5-14H2,1-4H3. The summed E-state index contributed by atoms with van der Waals surface area (Å²) in [6, 6.07) is 0. The van der Waals surface area contributed by atoms with Crippen LogP contribution in [0.15, 0.2) is 0 Å². The van der Waals surface area contributed by atoms with Crippen LogP contribution in [0.1, 0.15) is 53.4 Å². The summed E-state index contributed by atoms with van der Waals surface area (Å²) < 4.78 is 0. The minimum atomic E-state index is 0.580. The largest absolute Gasteiger partial charge is 0.304 e. The average Bonchev–Trinajstić information content (AvgIpc) is 2.40. The Balaban J connectivity index is 1.76. The molecule has 2 nitrogen and oxygen atoms in total. The van der Waals surface area contributed by atoms with Crippen LogP contribution in [0.5, 0.6) is 0 Å². The van der Waals surface area contributed by atoms with Gasteiger partial charge in [-0.15, -0.1) is 0 Å². The molecule has 2 aliphatic heterocycles. The Morgan fingerprint density at radius 2 is 1.58 bits per heavy atom. The molecule has 0 atom stereocenters. The van der Waals surface area contributed by atoms with Gasteiger partial charge < -0.3 is 9.80 Å². The molecule has 2 heteroatoms. The zero-order valence-corrected chi connectivity index (χ0v) is 13.6. The maximum Gasteiger partial charge on any atom is 0.00363 e. The maximum atomic E-state index is 2.75. The van der Waals surface area contributed by atoms with Crippen LogP contribution in [0.4, 0.5) is 0 Å². The average molecular weight is 266 g/mol. The van der Waals surface area contributed by atoms with Crippen LogP contribution in [0.25, 0.3) is 0 Å². The molecule has 0 unspecified atom stereocenters. The molecule has 0 spiro atoms. The summed E-state index contributed by atoms with van der Waals surface area (Å²) in [5.74, 6) is 1.86. The van der Waals surface area contributed by atoms with Crippen molar-refractivity contribution in [2.75, 3.05) is 39.3 Å². The lowest BCUT2D eigenvalue weighted by Gasteiger charge is -2.44. The lowest BCUT2D eigenvalue weighted by atomic mass is 9.78. The van der Waals surface area contributed by atoms with E-state index >= 15 is 0 Å². The van der Waals surface area contributed by atoms with E-state index in [-0.39, 0.29) is 0 Å². The molecule has 0 aromatic heterocycles. The number of hydrogen-bond donors (Lipinski definition) is 0. The van der Waals surface area contributed by atoms with Crippen molar-refractivity contribution >= 4 is 0 Å². The van der Waals surface area contributed by atoms with Crippen LogP contribution >= 0.6 is 0 Å². The Hall–Kier alpha value is -0.0800. The molecular formula is C17H34N2. The van der Waals surface area contributed by atoms with E-state index in [2.05, 4.69) is 37.5 Å². The molecule has 2 aliphatic rings. The number of nitrogens with zero attached hydrogens (tertiary/aromatic N) is 2. The molecule has 2 rings (SSSR count). The van der Waals surface area contributed by atoms with Crippen LogP contribution in [0, 0.1) is 17.3 Å². The number of likely N-dealkylation sites (tertiary alicyclic amines) is 2. The van der Waals surface area contributed by atoms with Crippen molar-refractivity contribution in [1.82, 2.24) is 9.80 Å². The van der Waals surface area contributed by atoms with Crippen molar-refractivity contribution in [3.05, 3.63) is 0 Å². The van der Waals surface area contributed by atoms with Gasteiger partial charge in [0.15, 0.2) is 0 Å². The van der Waals surface area contributed by atoms with Crippen LogP contribution in [0.2, 0.25) is 0 Å². The van der Waals surface area contributed by atoms with Gasteiger partial charge in [-0.25, -0.2) is 0 Å². The molecule has 0 radical (unpaired) electrons. The van der Waals surface area contributed by atoms with Gasteiger partial charge in [0, 0.05) is 6.54 Å². The third-order valence-electron chi connectivity index (χ3n) is 5.69. The van der Waals surface area contributed by atoms with Crippen LogP contribution in [-0.4, -0.2) is 49.1 Å². The summed E-state index contributed by atoms with van der Waals surface area (Å²) in [5.41, 5.74) is 0.580. The lowest BCUT2D eigenvalue weighted by Crippen LogP contribution is -2.46. The highest BCUT2D eigenvalue weighted by atomic mass is 15.2. The SMILES string of the molecule is CCN1CCC(C)(CN2CCC(C(C)C)CC2)CC1. The van der Waals surface area contributed by atoms with Crippen molar-refractivity contribution in [2.24, 2.45) is 17.3 Å². The molecule has 0 amide bonds. The number of piperidine rings is 2. The van der Waals surface area contributed by atoms with E-state index < -0.39 is 0 Å². The summed E-state index contributed by atoms with van der Waals surface area (Å²) in [6.45, 7) is 17.5. The first-order valence-corrected chi connectivity index (χ1v) is 8.47. The van der Waals surface area contributed by atoms with Crippen molar-refractivity contribution in [3.63, 3.8) is 0 Å². The van der Waals surface area contributed by atoms with E-state index in [0.29, 0.717) is 5.41 Å². The number of rotatable bonds is 4. The summed E-state index contributed by atoms with van der Waals surface area (Å²) >= 11 is 0. The van der Waals surface area contributed by atoms with E-state index in [1.54, 1.807) is 0 Å². The summed E-state index contributed by atoms with van der Waals surface area (Å²) in [5, 5.41) is 0. The zero-order chi connectivity index (χ0) is 13.9. The predicted octanol–water partition coefficient (Wildman–Crippen LogP) is 3.48. The van der Waals surface area contributed by atoms with E-state index in [1.807, 2.05) is 0 Å². The minimum Gasteiger partial charge on any atom is -0.304 e. The van der Waals surface area contributed by atoms with Gasteiger partial charge in [-0.3, -0.25) is 0 Å². The fourth-order valence-electron chi connectivity index (χ4n) is 3.88. The summed E-state index contributed by atoms with van der Waals surface area (Å²) in [4.78, 5) is 5.35. The molecule has 0 N–H and O–H groups in total. The highest BCUT2D eigenvalue weighted by Crippen LogP contribution is 2.33. The zero-order valence-electron chi connectivity index (χ0n) is 13.6. The van der Waals surface area contributed by atoms with Crippen molar-refractivity contribution in [2.45, 2.75) is 53.4 Å². The lowest BCUT2D eigenvalue weighted by molar-refractivity contribution is 0.0566. The fourth-order valence-corrected chi connectivity index (χ4v) is 3.88. The second kappa shape index (κ2) is 6.58. The maximum absolute atomic E-state index is 2.75. The first-order valence-electron chi connectivity index (χ1n) is 8.47. The summed E-state index contributed by atoms with van der Waals surface area (Å²) in [6.07, 6.45) is 5.64. The topological polar surface area (TPSA) is 6.48 Å².